The summed E-state index contributed by atoms with van der Waals surface area (Å²) < 4.78 is 9.95. The van der Waals surface area contributed by atoms with Gasteiger partial charge >= 0.3 is 12.1 Å². The molecule has 102 valence electrons. The zero-order valence-corrected chi connectivity index (χ0v) is 10.3. The van der Waals surface area contributed by atoms with E-state index in [4.69, 9.17) is 9.84 Å². The van der Waals surface area contributed by atoms with E-state index in [2.05, 4.69) is 9.84 Å². The van der Waals surface area contributed by atoms with Gasteiger partial charge in [-0.15, -0.1) is 0 Å². The molecule has 0 spiro atoms. The fourth-order valence-corrected chi connectivity index (χ4v) is 1.31. The number of carbonyl (C=O) groups excluding carboxylic acids is 1. The summed E-state index contributed by atoms with van der Waals surface area (Å²) in [6.45, 7) is -0.0328. The number of hydrazone groups is 1. The molecular weight excluding hydrogens is 252 g/mol. The first-order chi connectivity index (χ1) is 9.15. The number of carbonyl (C=O) groups is 2. The normalized spacial score (nSPS) is 12.1. The van der Waals surface area contributed by atoms with Crippen molar-refractivity contribution in [2.45, 2.75) is 6.10 Å². The lowest BCUT2D eigenvalue weighted by Gasteiger charge is -2.14. The molecule has 19 heavy (non-hydrogen) atoms. The smallest absolute Gasteiger partial charge is 0.425 e. The Morgan fingerprint density at radius 2 is 2.11 bits per heavy atom. The lowest BCUT2D eigenvalue weighted by Crippen LogP contribution is -2.19. The van der Waals surface area contributed by atoms with Gasteiger partial charge in [-0.3, -0.25) is 0 Å². The number of hydrogen-bond acceptors (Lipinski definition) is 5. The third kappa shape index (κ3) is 5.17. The van der Waals surface area contributed by atoms with Crippen LogP contribution in [0.25, 0.3) is 0 Å². The number of amides is 1. The van der Waals surface area contributed by atoms with Crippen LogP contribution in [0, 0.1) is 0 Å². The summed E-state index contributed by atoms with van der Waals surface area (Å²) in [5.41, 5.74) is 2.44. The second-order valence-electron chi connectivity index (χ2n) is 3.38. The minimum atomic E-state index is -1.27. The van der Waals surface area contributed by atoms with Crippen molar-refractivity contribution in [3.05, 3.63) is 35.9 Å². The molecule has 0 aromatic heterocycles. The Morgan fingerprint density at radius 3 is 2.68 bits per heavy atom. The molecule has 0 fully saturated rings. The Labute approximate surface area is 109 Å². The van der Waals surface area contributed by atoms with E-state index < -0.39 is 18.2 Å². The summed E-state index contributed by atoms with van der Waals surface area (Å²) in [7, 11) is 1.27. The van der Waals surface area contributed by atoms with Gasteiger partial charge in [-0.1, -0.05) is 30.3 Å². The summed E-state index contributed by atoms with van der Waals surface area (Å²) >= 11 is 0. The van der Waals surface area contributed by atoms with E-state index in [1.54, 1.807) is 29.7 Å². The molecule has 0 radical (unpaired) electrons. The first-order valence-electron chi connectivity index (χ1n) is 5.40. The number of carboxylic acid groups (broad SMARTS) is 1. The van der Waals surface area contributed by atoms with Gasteiger partial charge in [-0.2, -0.15) is 5.10 Å². The molecule has 1 aromatic carbocycles. The zero-order valence-electron chi connectivity index (χ0n) is 10.3. The van der Waals surface area contributed by atoms with E-state index in [9.17, 15) is 9.59 Å². The highest BCUT2D eigenvalue weighted by atomic mass is 16.6. The van der Waals surface area contributed by atoms with Gasteiger partial charge in [0, 0.05) is 0 Å². The van der Waals surface area contributed by atoms with Crippen molar-refractivity contribution in [2.24, 2.45) is 5.10 Å². The summed E-state index contributed by atoms with van der Waals surface area (Å²) in [6.07, 6.45) is -0.946. The van der Waals surface area contributed by atoms with Crippen molar-refractivity contribution < 1.29 is 24.2 Å². The molecular formula is C12H14N2O5. The van der Waals surface area contributed by atoms with Crippen molar-refractivity contribution in [2.75, 3.05) is 13.7 Å². The van der Waals surface area contributed by atoms with Gasteiger partial charge in [0.15, 0.2) is 6.10 Å². The molecule has 0 aliphatic rings. The molecule has 0 saturated heterocycles. The van der Waals surface area contributed by atoms with Crippen LogP contribution in [0.4, 0.5) is 4.79 Å². The van der Waals surface area contributed by atoms with Gasteiger partial charge in [0.1, 0.15) is 0 Å². The second-order valence-corrected chi connectivity index (χ2v) is 3.38. The third-order valence-electron chi connectivity index (χ3n) is 2.11. The highest BCUT2D eigenvalue weighted by Gasteiger charge is 2.21. The lowest BCUT2D eigenvalue weighted by atomic mass is 10.1. The number of rotatable bonds is 6. The first kappa shape index (κ1) is 14.7. The Kier molecular flexibility index (Phi) is 6.04. The van der Waals surface area contributed by atoms with E-state index in [1.807, 2.05) is 6.07 Å². The molecule has 0 saturated carbocycles. The number of hydrogen-bond donors (Lipinski definition) is 2. The van der Waals surface area contributed by atoms with Gasteiger partial charge in [0.2, 0.25) is 0 Å². The Balaban J connectivity index is 2.59. The molecule has 1 amide bonds. The van der Waals surface area contributed by atoms with Crippen molar-refractivity contribution in [3.8, 4) is 0 Å². The molecule has 0 aliphatic carbocycles. The second kappa shape index (κ2) is 7.83. The number of esters is 1. The Hall–Kier alpha value is -2.41. The minimum Gasteiger partial charge on any atom is -0.467 e. The predicted octanol–water partition coefficient (Wildman–Crippen LogP) is 1.17. The van der Waals surface area contributed by atoms with Gasteiger partial charge in [-0.05, 0) is 5.56 Å². The summed E-state index contributed by atoms with van der Waals surface area (Å²) in [6, 6.07) is 8.82. The number of nitrogens with zero attached hydrogens (tertiary/aromatic N) is 1. The molecule has 0 aliphatic heterocycles. The van der Waals surface area contributed by atoms with Crippen LogP contribution in [0.3, 0.4) is 0 Å². The first-order valence-corrected chi connectivity index (χ1v) is 5.40. The van der Waals surface area contributed by atoms with E-state index in [0.29, 0.717) is 5.56 Å². The van der Waals surface area contributed by atoms with Crippen molar-refractivity contribution in [3.63, 3.8) is 0 Å². The van der Waals surface area contributed by atoms with E-state index in [0.717, 1.165) is 0 Å². The highest BCUT2D eigenvalue weighted by Crippen LogP contribution is 2.18. The van der Waals surface area contributed by atoms with Gasteiger partial charge in [0.05, 0.1) is 19.9 Å². The van der Waals surface area contributed by atoms with Crippen molar-refractivity contribution >= 4 is 18.3 Å². The highest BCUT2D eigenvalue weighted by molar-refractivity contribution is 5.76. The zero-order chi connectivity index (χ0) is 14.1. The van der Waals surface area contributed by atoms with Crippen LogP contribution in [0.15, 0.2) is 35.4 Å². The number of nitrogens with one attached hydrogen (secondary N) is 1. The van der Waals surface area contributed by atoms with Crippen LogP contribution < -0.4 is 5.43 Å². The van der Waals surface area contributed by atoms with E-state index >= 15 is 0 Å². The Bertz CT molecular complexity index is 447. The fourth-order valence-electron chi connectivity index (χ4n) is 1.31. The molecule has 7 heteroatoms. The monoisotopic (exact) mass is 266 g/mol. The number of benzene rings is 1. The summed E-state index contributed by atoms with van der Waals surface area (Å²) in [5, 5.41) is 11.7. The minimum absolute atomic E-state index is 0.0328. The van der Waals surface area contributed by atoms with Crippen LogP contribution >= 0.6 is 0 Å². The van der Waals surface area contributed by atoms with E-state index in [1.165, 1.54) is 13.3 Å². The molecule has 1 atom stereocenters. The van der Waals surface area contributed by atoms with Gasteiger partial charge in [0.25, 0.3) is 0 Å². The molecule has 2 N–H and O–H groups in total. The third-order valence-corrected chi connectivity index (χ3v) is 2.11. The SMILES string of the molecule is COC(=O)C(OCC=NNC(=O)O)c1ccccc1. The maximum Gasteiger partial charge on any atom is 0.425 e. The molecule has 7 nitrogen and oxygen atoms in total. The van der Waals surface area contributed by atoms with Gasteiger partial charge < -0.3 is 14.6 Å². The van der Waals surface area contributed by atoms with Crippen LogP contribution in [0.1, 0.15) is 11.7 Å². The maximum absolute atomic E-state index is 11.6. The number of ether oxygens (including phenoxy) is 2. The molecule has 1 rings (SSSR count). The standard InChI is InChI=1S/C12H14N2O5/c1-18-11(15)10(9-5-3-2-4-6-9)19-8-7-13-14-12(16)17/h2-7,10,14H,8H2,1H3,(H,16,17). The van der Waals surface area contributed by atoms with Crippen LogP contribution in [0.5, 0.6) is 0 Å². The molecule has 0 heterocycles. The topological polar surface area (TPSA) is 97.2 Å². The van der Waals surface area contributed by atoms with Crippen molar-refractivity contribution in [1.29, 1.82) is 0 Å². The van der Waals surface area contributed by atoms with Crippen LogP contribution in [0.2, 0.25) is 0 Å². The fraction of sp³-hybridized carbons (Fsp3) is 0.250. The average Bonchev–Trinajstić information content (AvgIpc) is 2.42. The average molecular weight is 266 g/mol. The predicted molar refractivity (Wildman–Crippen MR) is 66.8 cm³/mol. The van der Waals surface area contributed by atoms with Crippen LogP contribution in [-0.2, 0) is 14.3 Å². The van der Waals surface area contributed by atoms with Crippen molar-refractivity contribution in [1.82, 2.24) is 5.43 Å². The lowest BCUT2D eigenvalue weighted by molar-refractivity contribution is -0.153. The summed E-state index contributed by atoms with van der Waals surface area (Å²) in [5.74, 6) is -0.536. The largest absolute Gasteiger partial charge is 0.467 e. The summed E-state index contributed by atoms with van der Waals surface area (Å²) in [4.78, 5) is 21.7. The van der Waals surface area contributed by atoms with Gasteiger partial charge in [-0.25, -0.2) is 15.0 Å². The Morgan fingerprint density at radius 1 is 1.42 bits per heavy atom. The quantitative estimate of drug-likeness (QED) is 0.457. The molecule has 1 unspecified atom stereocenters. The van der Waals surface area contributed by atoms with E-state index in [-0.39, 0.29) is 6.61 Å². The van der Waals surface area contributed by atoms with Crippen LogP contribution in [-0.4, -0.2) is 37.1 Å². The number of methoxy groups -OCH3 is 1. The molecule has 0 bridgehead atoms. The maximum atomic E-state index is 11.6. The molecule has 1 aromatic rings.